The van der Waals surface area contributed by atoms with Gasteiger partial charge in [-0.2, -0.15) is 39.5 Å². The highest BCUT2D eigenvalue weighted by atomic mass is 19.4. The lowest BCUT2D eigenvalue weighted by molar-refractivity contribution is -0.388. The van der Waals surface area contributed by atoms with Crippen LogP contribution in [0.4, 0.5) is 39.5 Å². The minimum Gasteiger partial charge on any atom is -0.195 e. The van der Waals surface area contributed by atoms with E-state index < -0.39 is 30.0 Å². The standard InChI is InChI=1S/C12H7F9/c13-9(14,7-6-8-4-2-1-3-5-8)10(15,16)11(17,18)12(19,20)21/h1-7H/b7-6+. The molecule has 0 atom stereocenters. The Bertz CT molecular complexity index is 499. The van der Waals surface area contributed by atoms with Crippen LogP contribution in [-0.4, -0.2) is 23.9 Å². The van der Waals surface area contributed by atoms with Crippen molar-refractivity contribution in [3.63, 3.8) is 0 Å². The Morgan fingerprint density at radius 2 is 1.14 bits per heavy atom. The molecule has 0 aromatic heterocycles. The van der Waals surface area contributed by atoms with Crippen molar-refractivity contribution in [2.24, 2.45) is 0 Å². The van der Waals surface area contributed by atoms with Gasteiger partial charge in [-0.05, 0) is 11.6 Å². The molecule has 1 rings (SSSR count). The quantitative estimate of drug-likeness (QED) is 0.671. The minimum atomic E-state index is -6.87. The van der Waals surface area contributed by atoms with Crippen molar-refractivity contribution >= 4 is 6.08 Å². The normalized spacial score (nSPS) is 14.7. The topological polar surface area (TPSA) is 0 Å². The zero-order valence-electron chi connectivity index (χ0n) is 9.94. The third kappa shape index (κ3) is 3.16. The third-order valence-corrected chi connectivity index (χ3v) is 2.45. The summed E-state index contributed by atoms with van der Waals surface area (Å²) in [7, 11) is 0. The second kappa shape index (κ2) is 5.27. The van der Waals surface area contributed by atoms with Gasteiger partial charge < -0.3 is 0 Å². The molecule has 0 saturated carbocycles. The van der Waals surface area contributed by atoms with Gasteiger partial charge in [0.1, 0.15) is 0 Å². The molecule has 0 aliphatic rings. The Hall–Kier alpha value is -1.67. The van der Waals surface area contributed by atoms with Crippen molar-refractivity contribution in [3.05, 3.63) is 42.0 Å². The fraction of sp³-hybridized carbons (Fsp3) is 0.333. The Kier molecular flexibility index (Phi) is 4.36. The molecule has 0 spiro atoms. The third-order valence-electron chi connectivity index (χ3n) is 2.45. The summed E-state index contributed by atoms with van der Waals surface area (Å²) in [5, 5.41) is 0. The van der Waals surface area contributed by atoms with Crippen LogP contribution in [0.5, 0.6) is 0 Å². The highest BCUT2D eigenvalue weighted by Crippen LogP contribution is 2.53. The van der Waals surface area contributed by atoms with Crippen LogP contribution in [0.15, 0.2) is 36.4 Å². The SMILES string of the molecule is FC(F)(F)C(F)(F)C(F)(F)C(F)(F)/C=C/c1ccccc1. The maximum atomic E-state index is 13.1. The van der Waals surface area contributed by atoms with E-state index in [1.54, 1.807) is 0 Å². The first-order valence-corrected chi connectivity index (χ1v) is 5.27. The van der Waals surface area contributed by atoms with Gasteiger partial charge in [0.25, 0.3) is 0 Å². The molecule has 0 nitrogen and oxygen atoms in total. The summed E-state index contributed by atoms with van der Waals surface area (Å²) >= 11 is 0. The summed E-state index contributed by atoms with van der Waals surface area (Å²) in [4.78, 5) is 0. The van der Waals surface area contributed by atoms with Gasteiger partial charge in [-0.15, -0.1) is 0 Å². The smallest absolute Gasteiger partial charge is 0.195 e. The second-order valence-electron chi connectivity index (χ2n) is 4.01. The number of halogens is 9. The average Bonchev–Trinajstić information content (AvgIpc) is 2.36. The van der Waals surface area contributed by atoms with Gasteiger partial charge in [0.15, 0.2) is 0 Å². The average molecular weight is 322 g/mol. The molecule has 0 aliphatic heterocycles. The highest BCUT2D eigenvalue weighted by molar-refractivity contribution is 5.50. The number of allylic oxidation sites excluding steroid dienone is 1. The number of alkyl halides is 9. The van der Waals surface area contributed by atoms with Crippen molar-refractivity contribution in [2.75, 3.05) is 0 Å². The number of rotatable bonds is 4. The molecule has 21 heavy (non-hydrogen) atoms. The summed E-state index contributed by atoms with van der Waals surface area (Å²) in [6.07, 6.45) is -7.15. The largest absolute Gasteiger partial charge is 0.460 e. The van der Waals surface area contributed by atoms with Crippen LogP contribution in [0, 0.1) is 0 Å². The number of benzene rings is 1. The summed E-state index contributed by atoms with van der Waals surface area (Å²) in [6.45, 7) is 0. The van der Waals surface area contributed by atoms with Crippen molar-refractivity contribution in [3.8, 4) is 0 Å². The molecule has 0 fully saturated rings. The minimum absolute atomic E-state index is 0.0664. The van der Waals surface area contributed by atoms with E-state index >= 15 is 0 Å². The number of hydrogen-bond donors (Lipinski definition) is 0. The van der Waals surface area contributed by atoms with Gasteiger partial charge in [-0.25, -0.2) is 0 Å². The molecule has 1 aromatic rings. The van der Waals surface area contributed by atoms with Crippen LogP contribution in [0.2, 0.25) is 0 Å². The maximum Gasteiger partial charge on any atom is 0.460 e. The molecule has 0 N–H and O–H groups in total. The number of hydrogen-bond acceptors (Lipinski definition) is 0. The van der Waals surface area contributed by atoms with Crippen molar-refractivity contribution in [1.82, 2.24) is 0 Å². The maximum absolute atomic E-state index is 13.1. The van der Waals surface area contributed by atoms with E-state index in [0.717, 1.165) is 0 Å². The van der Waals surface area contributed by atoms with E-state index in [-0.39, 0.29) is 5.56 Å². The molecule has 118 valence electrons. The first kappa shape index (κ1) is 17.4. The van der Waals surface area contributed by atoms with Crippen LogP contribution < -0.4 is 0 Å². The molecule has 0 bridgehead atoms. The van der Waals surface area contributed by atoms with E-state index in [1.807, 2.05) is 0 Å². The lowest BCUT2D eigenvalue weighted by atomic mass is 10.0. The van der Waals surface area contributed by atoms with Gasteiger partial charge >= 0.3 is 23.9 Å². The molecule has 0 unspecified atom stereocenters. The van der Waals surface area contributed by atoms with Crippen LogP contribution in [-0.2, 0) is 0 Å². The van der Waals surface area contributed by atoms with E-state index in [0.29, 0.717) is 6.08 Å². The predicted molar refractivity (Wildman–Crippen MR) is 56.4 cm³/mol. The summed E-state index contributed by atoms with van der Waals surface area (Å²) in [6, 6.07) is 6.47. The highest BCUT2D eigenvalue weighted by Gasteiger charge is 2.81. The fourth-order valence-electron chi connectivity index (χ4n) is 1.26. The first-order valence-electron chi connectivity index (χ1n) is 5.27. The molecule has 1 aromatic carbocycles. The first-order chi connectivity index (χ1) is 9.33. The Morgan fingerprint density at radius 1 is 0.667 bits per heavy atom. The Morgan fingerprint density at radius 3 is 1.57 bits per heavy atom. The molecular formula is C12H7F9. The van der Waals surface area contributed by atoms with Gasteiger partial charge in [-0.1, -0.05) is 36.4 Å². The van der Waals surface area contributed by atoms with Gasteiger partial charge in [0.2, 0.25) is 0 Å². The van der Waals surface area contributed by atoms with Gasteiger partial charge in [0.05, 0.1) is 0 Å². The lowest BCUT2D eigenvalue weighted by Crippen LogP contribution is -2.60. The molecule has 9 heteroatoms. The van der Waals surface area contributed by atoms with Crippen molar-refractivity contribution in [1.29, 1.82) is 0 Å². The molecule has 0 saturated heterocycles. The van der Waals surface area contributed by atoms with Crippen LogP contribution in [0.3, 0.4) is 0 Å². The molecule has 0 amide bonds. The summed E-state index contributed by atoms with van der Waals surface area (Å²) in [5.74, 6) is -19.2. The zero-order chi connectivity index (χ0) is 16.5. The van der Waals surface area contributed by atoms with E-state index in [4.69, 9.17) is 0 Å². The monoisotopic (exact) mass is 322 g/mol. The lowest BCUT2D eigenvalue weighted by Gasteiger charge is -2.32. The Labute approximate surface area is 112 Å². The van der Waals surface area contributed by atoms with Crippen molar-refractivity contribution < 1.29 is 39.5 Å². The predicted octanol–water partition coefficient (Wildman–Crippen LogP) is 5.17. The molecular weight excluding hydrogens is 315 g/mol. The van der Waals surface area contributed by atoms with Gasteiger partial charge in [0, 0.05) is 0 Å². The molecule has 0 heterocycles. The van der Waals surface area contributed by atoms with Crippen LogP contribution in [0.25, 0.3) is 6.08 Å². The van der Waals surface area contributed by atoms with E-state index in [1.165, 1.54) is 30.3 Å². The van der Waals surface area contributed by atoms with E-state index in [9.17, 15) is 39.5 Å². The van der Waals surface area contributed by atoms with Crippen LogP contribution in [0.1, 0.15) is 5.56 Å². The molecule has 0 radical (unpaired) electrons. The van der Waals surface area contributed by atoms with Crippen molar-refractivity contribution in [2.45, 2.75) is 23.9 Å². The van der Waals surface area contributed by atoms with Gasteiger partial charge in [-0.3, -0.25) is 0 Å². The molecule has 0 aliphatic carbocycles. The Balaban J connectivity index is 3.14. The second-order valence-corrected chi connectivity index (χ2v) is 4.01. The summed E-state index contributed by atoms with van der Waals surface area (Å²) < 4.78 is 113. The van der Waals surface area contributed by atoms with E-state index in [2.05, 4.69) is 0 Å². The summed E-state index contributed by atoms with van der Waals surface area (Å²) in [5.41, 5.74) is -0.0664. The zero-order valence-corrected chi connectivity index (χ0v) is 9.94. The fourth-order valence-corrected chi connectivity index (χ4v) is 1.26. The van der Waals surface area contributed by atoms with Crippen LogP contribution >= 0.6 is 0 Å².